The van der Waals surface area contributed by atoms with E-state index < -0.39 is 0 Å². The SMILES string of the molecule is O=C(COc1ccc(/C=N\NC(=O)CSC2c3ccccc3-c3ccccc32)cc1)NCc1ccco1. The minimum atomic E-state index is -0.243. The minimum absolute atomic E-state index is 0.0994. The Bertz CT molecular complexity index is 1360. The van der Waals surface area contributed by atoms with Gasteiger partial charge in [0, 0.05) is 0 Å². The second-order valence-corrected chi connectivity index (χ2v) is 9.47. The van der Waals surface area contributed by atoms with E-state index in [0.717, 1.165) is 5.56 Å². The lowest BCUT2D eigenvalue weighted by molar-refractivity contribution is -0.123. The van der Waals surface area contributed by atoms with Gasteiger partial charge in [-0.2, -0.15) is 5.10 Å². The second kappa shape index (κ2) is 11.6. The van der Waals surface area contributed by atoms with Gasteiger partial charge in [0.1, 0.15) is 11.5 Å². The van der Waals surface area contributed by atoms with Gasteiger partial charge < -0.3 is 14.5 Å². The van der Waals surface area contributed by atoms with E-state index in [1.54, 1.807) is 60.6 Å². The number of ether oxygens (including phenoxy) is 1. The molecule has 186 valence electrons. The van der Waals surface area contributed by atoms with Crippen molar-refractivity contribution in [1.29, 1.82) is 0 Å². The first-order valence-electron chi connectivity index (χ1n) is 11.8. The van der Waals surface area contributed by atoms with Crippen LogP contribution in [-0.2, 0) is 16.1 Å². The Hall–Kier alpha value is -4.30. The average molecular weight is 512 g/mol. The standard InChI is InChI=1S/C29H25N3O4S/c33-27(30-17-22-6-5-15-35-22)18-36-21-13-11-20(12-14-21)16-31-32-28(34)19-37-29-25-9-3-1-7-23(25)24-8-2-4-10-26(24)29/h1-16,29H,17-19H2,(H,30,33)(H,32,34)/b31-16-. The largest absolute Gasteiger partial charge is 0.484 e. The number of thioether (sulfide) groups is 1. The molecule has 0 atom stereocenters. The summed E-state index contributed by atoms with van der Waals surface area (Å²) in [6, 6.07) is 27.3. The molecule has 8 heteroatoms. The molecule has 5 rings (SSSR count). The topological polar surface area (TPSA) is 92.9 Å². The maximum atomic E-state index is 12.4. The minimum Gasteiger partial charge on any atom is -0.484 e. The average Bonchev–Trinajstić information content (AvgIpc) is 3.57. The first kappa shape index (κ1) is 24.4. The number of fused-ring (bicyclic) bond motifs is 3. The fourth-order valence-electron chi connectivity index (χ4n) is 4.11. The predicted molar refractivity (Wildman–Crippen MR) is 144 cm³/mol. The molecule has 0 spiro atoms. The third-order valence-electron chi connectivity index (χ3n) is 5.85. The Balaban J connectivity index is 1.06. The summed E-state index contributed by atoms with van der Waals surface area (Å²) < 4.78 is 10.7. The lowest BCUT2D eigenvalue weighted by Crippen LogP contribution is -2.28. The number of benzene rings is 3. The molecule has 0 saturated heterocycles. The molecule has 4 aromatic rings. The molecule has 2 amide bonds. The molecule has 0 bridgehead atoms. The molecular weight excluding hydrogens is 486 g/mol. The van der Waals surface area contributed by atoms with Crippen LogP contribution in [0.5, 0.6) is 5.75 Å². The fourth-order valence-corrected chi connectivity index (χ4v) is 5.26. The van der Waals surface area contributed by atoms with Crippen molar-refractivity contribution in [2.24, 2.45) is 5.10 Å². The van der Waals surface area contributed by atoms with E-state index in [1.807, 2.05) is 24.3 Å². The molecule has 0 aliphatic heterocycles. The normalized spacial score (nSPS) is 12.2. The summed E-state index contributed by atoms with van der Waals surface area (Å²) in [5, 5.41) is 6.93. The van der Waals surface area contributed by atoms with Crippen LogP contribution in [0.1, 0.15) is 27.7 Å². The fraction of sp³-hybridized carbons (Fsp3) is 0.138. The molecule has 37 heavy (non-hydrogen) atoms. The summed E-state index contributed by atoms with van der Waals surface area (Å²) in [4.78, 5) is 24.3. The highest BCUT2D eigenvalue weighted by atomic mass is 32.2. The molecule has 1 aromatic heterocycles. The maximum Gasteiger partial charge on any atom is 0.258 e. The van der Waals surface area contributed by atoms with Crippen LogP contribution in [0.2, 0.25) is 0 Å². The van der Waals surface area contributed by atoms with Crippen molar-refractivity contribution >= 4 is 29.8 Å². The Labute approximate surface area is 218 Å². The van der Waals surface area contributed by atoms with Crippen molar-refractivity contribution in [2.75, 3.05) is 12.4 Å². The summed E-state index contributed by atoms with van der Waals surface area (Å²) in [6.07, 6.45) is 3.13. The number of nitrogens with one attached hydrogen (secondary N) is 2. The predicted octanol–water partition coefficient (Wildman–Crippen LogP) is 4.93. The highest BCUT2D eigenvalue weighted by Crippen LogP contribution is 2.49. The van der Waals surface area contributed by atoms with Crippen LogP contribution in [0.25, 0.3) is 11.1 Å². The number of amides is 2. The molecule has 3 aromatic carbocycles. The summed E-state index contributed by atoms with van der Waals surface area (Å²) >= 11 is 1.60. The van der Waals surface area contributed by atoms with Crippen molar-refractivity contribution in [3.05, 3.63) is 114 Å². The Morgan fingerprint density at radius 2 is 1.59 bits per heavy atom. The molecule has 1 heterocycles. The van der Waals surface area contributed by atoms with Gasteiger partial charge in [-0.25, -0.2) is 5.43 Å². The van der Waals surface area contributed by atoms with Crippen LogP contribution in [0.3, 0.4) is 0 Å². The van der Waals surface area contributed by atoms with E-state index in [9.17, 15) is 9.59 Å². The number of carbonyl (C=O) groups excluding carboxylic acids is 2. The number of furan rings is 1. The lowest BCUT2D eigenvalue weighted by Gasteiger charge is -2.12. The summed E-state index contributed by atoms with van der Waals surface area (Å²) in [5.74, 6) is 1.12. The van der Waals surface area contributed by atoms with Crippen LogP contribution in [0, 0.1) is 0 Å². The highest BCUT2D eigenvalue weighted by Gasteiger charge is 2.28. The van der Waals surface area contributed by atoms with Gasteiger partial charge >= 0.3 is 0 Å². The molecule has 7 nitrogen and oxygen atoms in total. The van der Waals surface area contributed by atoms with E-state index in [2.05, 4.69) is 40.1 Å². The molecule has 1 aliphatic rings. The van der Waals surface area contributed by atoms with Gasteiger partial charge in [-0.3, -0.25) is 9.59 Å². The number of rotatable bonds is 10. The first-order valence-corrected chi connectivity index (χ1v) is 12.9. The molecule has 1 aliphatic carbocycles. The van der Waals surface area contributed by atoms with E-state index >= 15 is 0 Å². The monoisotopic (exact) mass is 511 g/mol. The van der Waals surface area contributed by atoms with Crippen molar-refractivity contribution in [2.45, 2.75) is 11.8 Å². The van der Waals surface area contributed by atoms with Crippen molar-refractivity contribution in [3.8, 4) is 16.9 Å². The molecular formula is C29H25N3O4S. The highest BCUT2D eigenvalue weighted by molar-refractivity contribution is 8.00. The van der Waals surface area contributed by atoms with Crippen molar-refractivity contribution in [1.82, 2.24) is 10.7 Å². The van der Waals surface area contributed by atoms with Crippen LogP contribution in [-0.4, -0.2) is 30.4 Å². The Morgan fingerprint density at radius 1 is 0.892 bits per heavy atom. The van der Waals surface area contributed by atoms with E-state index in [-0.39, 0.29) is 23.7 Å². The third-order valence-corrected chi connectivity index (χ3v) is 7.12. The summed E-state index contributed by atoms with van der Waals surface area (Å²) in [5.41, 5.74) is 8.34. The van der Waals surface area contributed by atoms with Crippen molar-refractivity contribution < 1.29 is 18.7 Å². The number of hydrogen-bond acceptors (Lipinski definition) is 6. The molecule has 2 N–H and O–H groups in total. The summed E-state index contributed by atoms with van der Waals surface area (Å²) in [6.45, 7) is 0.216. The van der Waals surface area contributed by atoms with Crippen LogP contribution in [0.4, 0.5) is 0 Å². The van der Waals surface area contributed by atoms with Gasteiger partial charge in [0.2, 0.25) is 5.91 Å². The lowest BCUT2D eigenvalue weighted by atomic mass is 10.1. The van der Waals surface area contributed by atoms with Crippen molar-refractivity contribution in [3.63, 3.8) is 0 Å². The van der Waals surface area contributed by atoms with Gasteiger partial charge in [0.25, 0.3) is 5.91 Å². The van der Waals surface area contributed by atoms with E-state index in [0.29, 0.717) is 23.8 Å². The third kappa shape index (κ3) is 6.10. The zero-order chi connectivity index (χ0) is 25.5. The van der Waals surface area contributed by atoms with Gasteiger partial charge in [0.15, 0.2) is 6.61 Å². The first-order chi connectivity index (χ1) is 18.2. The molecule has 0 radical (unpaired) electrons. The number of nitrogens with zero attached hydrogens (tertiary/aromatic N) is 1. The molecule has 0 fully saturated rings. The Kier molecular flexibility index (Phi) is 7.66. The van der Waals surface area contributed by atoms with Crippen LogP contribution in [0.15, 0.2) is 101 Å². The van der Waals surface area contributed by atoms with E-state index in [1.165, 1.54) is 22.3 Å². The molecule has 0 unspecified atom stereocenters. The smallest absolute Gasteiger partial charge is 0.258 e. The second-order valence-electron chi connectivity index (χ2n) is 8.37. The van der Waals surface area contributed by atoms with Gasteiger partial charge in [-0.1, -0.05) is 48.5 Å². The number of hydrazone groups is 1. The zero-order valence-corrected chi connectivity index (χ0v) is 20.7. The maximum absolute atomic E-state index is 12.4. The summed E-state index contributed by atoms with van der Waals surface area (Å²) in [7, 11) is 0. The van der Waals surface area contributed by atoms with Crippen LogP contribution < -0.4 is 15.5 Å². The zero-order valence-electron chi connectivity index (χ0n) is 19.9. The molecule has 0 saturated carbocycles. The van der Waals surface area contributed by atoms with Gasteiger partial charge in [-0.05, 0) is 64.2 Å². The Morgan fingerprint density at radius 3 is 2.27 bits per heavy atom. The van der Waals surface area contributed by atoms with Crippen LogP contribution >= 0.6 is 11.8 Å². The van der Waals surface area contributed by atoms with E-state index in [4.69, 9.17) is 9.15 Å². The van der Waals surface area contributed by atoms with Gasteiger partial charge in [0.05, 0.1) is 30.0 Å². The van der Waals surface area contributed by atoms with Gasteiger partial charge in [-0.15, -0.1) is 11.8 Å². The number of hydrogen-bond donors (Lipinski definition) is 2. The number of carbonyl (C=O) groups is 2. The quantitative estimate of drug-likeness (QED) is 0.233.